The van der Waals surface area contributed by atoms with Gasteiger partial charge in [-0.3, -0.25) is 4.72 Å². The second-order valence-corrected chi connectivity index (χ2v) is 10.5. The van der Waals surface area contributed by atoms with Crippen LogP contribution in [-0.2, 0) is 12.7 Å². The second kappa shape index (κ2) is 13.0. The van der Waals surface area contributed by atoms with Gasteiger partial charge in [0.2, 0.25) is 0 Å². The van der Waals surface area contributed by atoms with Crippen LogP contribution in [0.4, 0.5) is 18.0 Å². The number of hydrogen-bond acceptors (Lipinski definition) is 5. The number of urea groups is 1. The van der Waals surface area contributed by atoms with Gasteiger partial charge in [0.15, 0.2) is 5.82 Å². The summed E-state index contributed by atoms with van der Waals surface area (Å²) in [5.41, 5.74) is 3.95. The van der Waals surface area contributed by atoms with E-state index in [-0.39, 0.29) is 6.03 Å². The molecule has 210 valence electrons. The van der Waals surface area contributed by atoms with Crippen molar-refractivity contribution < 1.29 is 18.0 Å². The smallest absolute Gasteiger partial charge is 0.337 e. The minimum atomic E-state index is -4.39. The van der Waals surface area contributed by atoms with E-state index in [9.17, 15) is 18.0 Å². The monoisotopic (exact) mass is 568 g/mol. The maximum atomic E-state index is 12.8. The van der Waals surface area contributed by atoms with E-state index in [1.54, 1.807) is 11.9 Å². The minimum absolute atomic E-state index is 0.258. The summed E-state index contributed by atoms with van der Waals surface area (Å²) in [7, 11) is 0. The molecule has 4 aromatic rings. The number of amides is 2. The largest absolute Gasteiger partial charge is 0.416 e. The minimum Gasteiger partial charge on any atom is -0.337 e. The maximum absolute atomic E-state index is 12.8. The normalized spacial score (nSPS) is 11.6. The van der Waals surface area contributed by atoms with Crippen molar-refractivity contribution >= 4 is 18.0 Å². The molecule has 3 aromatic carbocycles. The Bertz CT molecular complexity index is 1420. The SMILES string of the molecule is Cc1ccc(SNCCNC(=O)NCc2ccc(-c3ncn(-c4ccc(C(F)(F)F)cc4)n3)cc2)c(C(C)C)c1. The van der Waals surface area contributed by atoms with Crippen LogP contribution in [0.2, 0.25) is 0 Å². The van der Waals surface area contributed by atoms with E-state index < -0.39 is 11.7 Å². The third-order valence-corrected chi connectivity index (χ3v) is 7.04. The first-order chi connectivity index (χ1) is 19.1. The highest BCUT2D eigenvalue weighted by Crippen LogP contribution is 2.30. The molecule has 11 heteroatoms. The van der Waals surface area contributed by atoms with Gasteiger partial charge < -0.3 is 10.6 Å². The van der Waals surface area contributed by atoms with Gasteiger partial charge in [-0.1, -0.05) is 55.8 Å². The first-order valence-corrected chi connectivity index (χ1v) is 13.6. The lowest BCUT2D eigenvalue weighted by Gasteiger charge is -2.14. The number of benzene rings is 3. The predicted molar refractivity (Wildman–Crippen MR) is 151 cm³/mol. The lowest BCUT2D eigenvalue weighted by molar-refractivity contribution is -0.137. The number of nitrogens with zero attached hydrogens (tertiary/aromatic N) is 3. The van der Waals surface area contributed by atoms with Crippen LogP contribution in [0.1, 0.15) is 42.0 Å². The summed E-state index contributed by atoms with van der Waals surface area (Å²) in [6, 6.07) is 18.3. The van der Waals surface area contributed by atoms with Gasteiger partial charge in [-0.2, -0.15) is 13.2 Å². The Morgan fingerprint density at radius 1 is 0.975 bits per heavy atom. The van der Waals surface area contributed by atoms with Crippen LogP contribution in [0.3, 0.4) is 0 Å². The van der Waals surface area contributed by atoms with Crippen molar-refractivity contribution in [1.82, 2.24) is 30.1 Å². The molecule has 0 aliphatic carbocycles. The molecule has 1 aromatic heterocycles. The summed E-state index contributed by atoms with van der Waals surface area (Å²) >= 11 is 1.57. The number of rotatable bonds is 10. The Morgan fingerprint density at radius 2 is 1.70 bits per heavy atom. The lowest BCUT2D eigenvalue weighted by Crippen LogP contribution is -2.38. The van der Waals surface area contributed by atoms with Crippen LogP contribution in [0.15, 0.2) is 78.0 Å². The highest BCUT2D eigenvalue weighted by Gasteiger charge is 2.30. The standard InChI is InChI=1S/C29H31F3N6OS/c1-19(2)25-16-20(3)4-13-26(25)40-36-15-14-33-28(39)34-17-21-5-7-22(8-6-21)27-35-18-38(37-27)24-11-9-23(10-12-24)29(30,31)32/h4-13,16,18-19,36H,14-15,17H2,1-3H3,(H2,33,34,39). The van der Waals surface area contributed by atoms with E-state index >= 15 is 0 Å². The quantitative estimate of drug-likeness (QED) is 0.151. The van der Waals surface area contributed by atoms with Crippen molar-refractivity contribution in [3.63, 3.8) is 0 Å². The van der Waals surface area contributed by atoms with Crippen molar-refractivity contribution in [2.24, 2.45) is 0 Å². The van der Waals surface area contributed by atoms with Crippen LogP contribution < -0.4 is 15.4 Å². The molecule has 7 nitrogen and oxygen atoms in total. The fourth-order valence-electron chi connectivity index (χ4n) is 3.91. The van der Waals surface area contributed by atoms with E-state index in [4.69, 9.17) is 0 Å². The summed E-state index contributed by atoms with van der Waals surface area (Å²) < 4.78 is 43.1. The average Bonchev–Trinajstić information content (AvgIpc) is 3.42. The van der Waals surface area contributed by atoms with Gasteiger partial charge in [0.25, 0.3) is 0 Å². The van der Waals surface area contributed by atoms with Crippen LogP contribution in [-0.4, -0.2) is 33.9 Å². The Kier molecular flexibility index (Phi) is 9.49. The van der Waals surface area contributed by atoms with Crippen molar-refractivity contribution in [2.45, 2.75) is 44.3 Å². The van der Waals surface area contributed by atoms with Gasteiger partial charge in [-0.15, -0.1) is 5.10 Å². The Labute approximate surface area is 235 Å². The summed E-state index contributed by atoms with van der Waals surface area (Å²) in [6.45, 7) is 7.89. The topological polar surface area (TPSA) is 83.9 Å². The fraction of sp³-hybridized carbons (Fsp3) is 0.276. The lowest BCUT2D eigenvalue weighted by atomic mass is 10.0. The number of hydrogen-bond donors (Lipinski definition) is 3. The van der Waals surface area contributed by atoms with E-state index in [2.05, 4.69) is 64.4 Å². The fourth-order valence-corrected chi connectivity index (χ4v) is 4.82. The molecule has 0 unspecified atom stereocenters. The van der Waals surface area contributed by atoms with Crippen LogP contribution in [0.25, 0.3) is 17.1 Å². The number of halogens is 3. The molecule has 0 saturated carbocycles. The highest BCUT2D eigenvalue weighted by atomic mass is 32.2. The zero-order valence-electron chi connectivity index (χ0n) is 22.4. The van der Waals surface area contributed by atoms with E-state index in [0.717, 1.165) is 23.3 Å². The summed E-state index contributed by atoms with van der Waals surface area (Å²) in [6.07, 6.45) is -2.94. The zero-order valence-corrected chi connectivity index (χ0v) is 23.2. The molecule has 40 heavy (non-hydrogen) atoms. The number of nitrogens with one attached hydrogen (secondary N) is 3. The number of aromatic nitrogens is 3. The van der Waals surface area contributed by atoms with E-state index in [0.29, 0.717) is 37.1 Å². The molecule has 0 aliphatic heterocycles. The molecular weight excluding hydrogens is 537 g/mol. The van der Waals surface area contributed by atoms with Crippen molar-refractivity contribution in [3.8, 4) is 17.1 Å². The molecule has 0 bridgehead atoms. The molecule has 0 spiro atoms. The predicted octanol–water partition coefficient (Wildman–Crippen LogP) is 6.48. The van der Waals surface area contributed by atoms with E-state index in [1.807, 2.05) is 24.3 Å². The average molecular weight is 569 g/mol. The van der Waals surface area contributed by atoms with Crippen LogP contribution in [0, 0.1) is 6.92 Å². The van der Waals surface area contributed by atoms with Gasteiger partial charge in [0, 0.05) is 30.1 Å². The Hall–Kier alpha value is -3.83. The Morgan fingerprint density at radius 3 is 2.38 bits per heavy atom. The van der Waals surface area contributed by atoms with Gasteiger partial charge in [0.1, 0.15) is 6.33 Å². The van der Waals surface area contributed by atoms with Crippen LogP contribution >= 0.6 is 11.9 Å². The van der Waals surface area contributed by atoms with Gasteiger partial charge in [-0.05, 0) is 66.2 Å². The highest BCUT2D eigenvalue weighted by molar-refractivity contribution is 7.97. The van der Waals surface area contributed by atoms with E-state index in [1.165, 1.54) is 39.2 Å². The third-order valence-electron chi connectivity index (χ3n) is 6.10. The Balaban J connectivity index is 1.20. The summed E-state index contributed by atoms with van der Waals surface area (Å²) in [5, 5.41) is 10.0. The van der Waals surface area contributed by atoms with Crippen molar-refractivity contribution in [2.75, 3.05) is 13.1 Å². The first kappa shape index (κ1) is 29.2. The molecule has 0 fully saturated rings. The van der Waals surface area contributed by atoms with Gasteiger partial charge in [0.05, 0.1) is 11.3 Å². The maximum Gasteiger partial charge on any atom is 0.416 e. The molecule has 1 heterocycles. The molecule has 0 aliphatic rings. The number of aryl methyl sites for hydroxylation is 1. The number of carbonyl (C=O) groups is 1. The zero-order chi connectivity index (χ0) is 28.7. The molecule has 0 atom stereocenters. The van der Waals surface area contributed by atoms with Crippen molar-refractivity contribution in [3.05, 3.63) is 95.3 Å². The molecular formula is C29H31F3N6OS. The second-order valence-electron chi connectivity index (χ2n) is 9.56. The third kappa shape index (κ3) is 7.86. The van der Waals surface area contributed by atoms with Crippen LogP contribution in [0.5, 0.6) is 0 Å². The summed E-state index contributed by atoms with van der Waals surface area (Å²) in [5.74, 6) is 0.872. The van der Waals surface area contributed by atoms with Gasteiger partial charge >= 0.3 is 12.2 Å². The molecule has 2 amide bonds. The number of carbonyl (C=O) groups excluding carboxylic acids is 1. The first-order valence-electron chi connectivity index (χ1n) is 12.8. The van der Waals surface area contributed by atoms with Crippen molar-refractivity contribution in [1.29, 1.82) is 0 Å². The molecule has 0 saturated heterocycles. The summed E-state index contributed by atoms with van der Waals surface area (Å²) in [4.78, 5) is 17.6. The number of alkyl halides is 3. The molecule has 4 rings (SSSR count). The molecule has 0 radical (unpaired) electrons. The molecule has 3 N–H and O–H groups in total. The van der Waals surface area contributed by atoms with Gasteiger partial charge in [-0.25, -0.2) is 14.5 Å².